The zero-order valence-electron chi connectivity index (χ0n) is 16.4. The number of anilines is 1. The van der Waals surface area contributed by atoms with Gasteiger partial charge in [-0.25, -0.2) is 4.79 Å². The lowest BCUT2D eigenvalue weighted by Gasteiger charge is -2.10. The summed E-state index contributed by atoms with van der Waals surface area (Å²) in [6.45, 7) is 2.36. The Kier molecular flexibility index (Phi) is 7.53. The number of benzene rings is 1. The summed E-state index contributed by atoms with van der Waals surface area (Å²) in [5.74, 6) is -1.15. The average molecular weight is 474 g/mol. The van der Waals surface area contributed by atoms with Gasteiger partial charge >= 0.3 is 5.97 Å². The van der Waals surface area contributed by atoms with Gasteiger partial charge < -0.3 is 14.6 Å². The molecule has 9 heteroatoms. The molecule has 0 atom stereocenters. The van der Waals surface area contributed by atoms with Crippen LogP contribution >= 0.6 is 34.5 Å². The first-order chi connectivity index (χ1) is 14.9. The Balaban J connectivity index is 1.81. The van der Waals surface area contributed by atoms with Crippen LogP contribution in [0.1, 0.15) is 28.5 Å². The van der Waals surface area contributed by atoms with Crippen molar-refractivity contribution in [3.05, 3.63) is 80.4 Å². The summed E-state index contributed by atoms with van der Waals surface area (Å²) in [4.78, 5) is 24.7. The molecule has 1 N–H and O–H groups in total. The predicted molar refractivity (Wildman–Crippen MR) is 122 cm³/mol. The number of carbonyl (C=O) groups excluding carboxylic acids is 2. The molecule has 0 bridgehead atoms. The molecule has 0 unspecified atom stereocenters. The van der Waals surface area contributed by atoms with Crippen molar-refractivity contribution in [3.63, 3.8) is 0 Å². The number of amides is 1. The number of aromatic nitrogens is 1. The Morgan fingerprint density at radius 2 is 2.10 bits per heavy atom. The van der Waals surface area contributed by atoms with Crippen LogP contribution in [-0.4, -0.2) is 23.1 Å². The fourth-order valence-electron chi connectivity index (χ4n) is 2.78. The van der Waals surface area contributed by atoms with Crippen molar-refractivity contribution in [1.29, 1.82) is 5.26 Å². The minimum Gasteiger partial charge on any atom is -0.462 e. The van der Waals surface area contributed by atoms with Crippen molar-refractivity contribution < 1.29 is 14.3 Å². The lowest BCUT2D eigenvalue weighted by Crippen LogP contribution is -2.15. The number of carbonyl (C=O) groups is 2. The van der Waals surface area contributed by atoms with Crippen LogP contribution in [0.2, 0.25) is 10.0 Å². The SMILES string of the molecule is CCOC(=O)c1ccsc1NC(=O)/C(C#N)=C/c1cccn1Cc1ccc(Cl)cc1Cl. The summed E-state index contributed by atoms with van der Waals surface area (Å²) in [6, 6.07) is 12.3. The molecule has 0 aliphatic carbocycles. The Morgan fingerprint density at radius 3 is 2.81 bits per heavy atom. The van der Waals surface area contributed by atoms with E-state index >= 15 is 0 Å². The third kappa shape index (κ3) is 5.56. The smallest absolute Gasteiger partial charge is 0.341 e. The van der Waals surface area contributed by atoms with Gasteiger partial charge in [-0.1, -0.05) is 29.3 Å². The Bertz CT molecular complexity index is 1190. The lowest BCUT2D eigenvalue weighted by molar-refractivity contribution is -0.112. The third-order valence-corrected chi connectivity index (χ3v) is 5.68. The summed E-state index contributed by atoms with van der Waals surface area (Å²) in [6.07, 6.45) is 3.30. The van der Waals surface area contributed by atoms with E-state index in [9.17, 15) is 14.9 Å². The van der Waals surface area contributed by atoms with Gasteiger partial charge in [-0.15, -0.1) is 11.3 Å². The largest absolute Gasteiger partial charge is 0.462 e. The third-order valence-electron chi connectivity index (χ3n) is 4.27. The molecule has 3 rings (SSSR count). The van der Waals surface area contributed by atoms with E-state index in [0.29, 0.717) is 27.3 Å². The molecule has 1 amide bonds. The first-order valence-corrected chi connectivity index (χ1v) is 10.8. The predicted octanol–water partition coefficient (Wildman–Crippen LogP) is 5.63. The number of thiophene rings is 1. The first-order valence-electron chi connectivity index (χ1n) is 9.19. The molecule has 0 aliphatic heterocycles. The molecule has 0 saturated carbocycles. The van der Waals surface area contributed by atoms with Crippen molar-refractivity contribution in [3.8, 4) is 6.07 Å². The van der Waals surface area contributed by atoms with Gasteiger partial charge in [0.05, 0.1) is 12.2 Å². The Labute approximate surface area is 193 Å². The monoisotopic (exact) mass is 473 g/mol. The van der Waals surface area contributed by atoms with E-state index in [-0.39, 0.29) is 17.7 Å². The summed E-state index contributed by atoms with van der Waals surface area (Å²) in [5, 5.41) is 15.2. The van der Waals surface area contributed by atoms with Gasteiger partial charge in [0, 0.05) is 28.5 Å². The molecular formula is C22H17Cl2N3O3S. The van der Waals surface area contributed by atoms with Crippen LogP contribution in [0.15, 0.2) is 53.5 Å². The molecule has 0 spiro atoms. The van der Waals surface area contributed by atoms with Gasteiger partial charge in [-0.05, 0) is 54.3 Å². The summed E-state index contributed by atoms with van der Waals surface area (Å²) >= 11 is 13.4. The van der Waals surface area contributed by atoms with Crippen LogP contribution in [0.4, 0.5) is 5.00 Å². The van der Waals surface area contributed by atoms with Crippen molar-refractivity contribution in [1.82, 2.24) is 4.57 Å². The van der Waals surface area contributed by atoms with Crippen LogP contribution in [0, 0.1) is 11.3 Å². The number of nitriles is 1. The van der Waals surface area contributed by atoms with E-state index in [2.05, 4.69) is 5.32 Å². The minimum absolute atomic E-state index is 0.106. The van der Waals surface area contributed by atoms with E-state index in [0.717, 1.165) is 5.56 Å². The normalized spacial score (nSPS) is 11.1. The number of rotatable bonds is 7. The van der Waals surface area contributed by atoms with Crippen molar-refractivity contribution >= 4 is 57.5 Å². The molecule has 0 aliphatic rings. The zero-order valence-corrected chi connectivity index (χ0v) is 18.7. The second-order valence-corrected chi connectivity index (χ2v) is 8.06. The highest BCUT2D eigenvalue weighted by molar-refractivity contribution is 7.14. The van der Waals surface area contributed by atoms with E-state index < -0.39 is 11.9 Å². The van der Waals surface area contributed by atoms with Crippen LogP contribution in [0.5, 0.6) is 0 Å². The minimum atomic E-state index is -0.618. The average Bonchev–Trinajstić information content (AvgIpc) is 3.37. The molecule has 158 valence electrons. The second kappa shape index (κ2) is 10.3. The van der Waals surface area contributed by atoms with Crippen LogP contribution in [-0.2, 0) is 16.1 Å². The molecule has 3 aromatic rings. The number of esters is 1. The van der Waals surface area contributed by atoms with Gasteiger partial charge in [-0.3, -0.25) is 4.79 Å². The van der Waals surface area contributed by atoms with E-state index in [1.54, 1.807) is 42.6 Å². The van der Waals surface area contributed by atoms with Crippen molar-refractivity contribution in [2.75, 3.05) is 11.9 Å². The van der Waals surface area contributed by atoms with Crippen LogP contribution in [0.25, 0.3) is 6.08 Å². The van der Waals surface area contributed by atoms with E-state index in [1.807, 2.05) is 22.9 Å². The number of nitrogens with zero attached hydrogens (tertiary/aromatic N) is 2. The maximum atomic E-state index is 12.7. The van der Waals surface area contributed by atoms with Gasteiger partial charge in [-0.2, -0.15) is 5.26 Å². The Morgan fingerprint density at radius 1 is 1.29 bits per heavy atom. The van der Waals surface area contributed by atoms with Crippen LogP contribution in [0.3, 0.4) is 0 Å². The molecule has 0 saturated heterocycles. The molecule has 0 radical (unpaired) electrons. The lowest BCUT2D eigenvalue weighted by atomic mass is 10.2. The van der Waals surface area contributed by atoms with Gasteiger partial charge in [0.1, 0.15) is 16.6 Å². The summed E-state index contributed by atoms with van der Waals surface area (Å²) in [7, 11) is 0. The maximum absolute atomic E-state index is 12.7. The number of halogens is 2. The highest BCUT2D eigenvalue weighted by Gasteiger charge is 2.18. The van der Waals surface area contributed by atoms with E-state index in [1.165, 1.54) is 17.4 Å². The fraction of sp³-hybridized carbons (Fsp3) is 0.136. The van der Waals surface area contributed by atoms with Crippen molar-refractivity contribution in [2.45, 2.75) is 13.5 Å². The molecule has 2 heterocycles. The first kappa shape index (κ1) is 22.6. The number of hydrogen-bond donors (Lipinski definition) is 1. The quantitative estimate of drug-likeness (QED) is 0.273. The highest BCUT2D eigenvalue weighted by atomic mass is 35.5. The molecule has 6 nitrogen and oxygen atoms in total. The highest BCUT2D eigenvalue weighted by Crippen LogP contribution is 2.25. The molecule has 0 fully saturated rings. The van der Waals surface area contributed by atoms with Gasteiger partial charge in [0.15, 0.2) is 0 Å². The zero-order chi connectivity index (χ0) is 22.4. The molecule has 1 aromatic carbocycles. The summed E-state index contributed by atoms with van der Waals surface area (Å²) in [5.41, 5.74) is 1.63. The maximum Gasteiger partial charge on any atom is 0.341 e. The number of nitrogens with one attached hydrogen (secondary N) is 1. The Hall–Kier alpha value is -3.05. The van der Waals surface area contributed by atoms with Crippen molar-refractivity contribution in [2.24, 2.45) is 0 Å². The van der Waals surface area contributed by atoms with E-state index in [4.69, 9.17) is 27.9 Å². The van der Waals surface area contributed by atoms with Crippen LogP contribution < -0.4 is 5.32 Å². The summed E-state index contributed by atoms with van der Waals surface area (Å²) < 4.78 is 6.84. The van der Waals surface area contributed by atoms with Gasteiger partial charge in [0.25, 0.3) is 5.91 Å². The fourth-order valence-corrected chi connectivity index (χ4v) is 4.02. The molecule has 31 heavy (non-hydrogen) atoms. The second-order valence-electron chi connectivity index (χ2n) is 6.30. The standard InChI is InChI=1S/C22H17Cl2N3O3S/c1-2-30-22(29)18-7-9-31-21(18)26-20(28)15(12-25)10-17-4-3-8-27(17)13-14-5-6-16(23)11-19(14)24/h3-11H,2,13H2,1H3,(H,26,28)/b15-10+. The molecular weight excluding hydrogens is 457 g/mol. The number of ether oxygens (including phenoxy) is 1. The molecule has 2 aromatic heterocycles. The topological polar surface area (TPSA) is 84.1 Å². The number of hydrogen-bond acceptors (Lipinski definition) is 5. The van der Waals surface area contributed by atoms with Gasteiger partial charge in [0.2, 0.25) is 0 Å².